The summed E-state index contributed by atoms with van der Waals surface area (Å²) in [6.07, 6.45) is 0. The summed E-state index contributed by atoms with van der Waals surface area (Å²) in [6, 6.07) is 60.5. The summed E-state index contributed by atoms with van der Waals surface area (Å²) >= 11 is 0. The maximum absolute atomic E-state index is 9.91. The number of benzene rings is 8. The molecule has 2 aromatic heterocycles. The minimum Gasteiger partial charge on any atom is -0.309 e. The Morgan fingerprint density at radius 2 is 0.800 bits per heavy atom. The van der Waals surface area contributed by atoms with Crippen LogP contribution in [-0.2, 0) is 0 Å². The highest BCUT2D eigenvalue weighted by Crippen LogP contribution is 2.40. The minimum absolute atomic E-state index is 0.0419. The molecule has 0 aliphatic heterocycles. The lowest BCUT2D eigenvalue weighted by Crippen LogP contribution is -1.94. The molecule has 0 unspecified atom stereocenters. The first-order valence-electron chi connectivity index (χ1n) is 18.4. The van der Waals surface area contributed by atoms with Crippen LogP contribution in [0.5, 0.6) is 0 Å². The van der Waals surface area contributed by atoms with Gasteiger partial charge in [0.05, 0.1) is 26.2 Å². The highest BCUT2D eigenvalue weighted by atomic mass is 15.0. The van der Waals surface area contributed by atoms with E-state index < -0.39 is 0 Å². The number of hydrogen-bond donors (Lipinski definition) is 0. The number of para-hydroxylation sites is 2. The fraction of sp³-hybridized carbons (Fsp3) is 0. The van der Waals surface area contributed by atoms with Crippen molar-refractivity contribution in [2.75, 3.05) is 0 Å². The van der Waals surface area contributed by atoms with Crippen molar-refractivity contribution in [1.82, 2.24) is 9.13 Å². The van der Waals surface area contributed by atoms with E-state index in [0.717, 1.165) is 71.9 Å². The zero-order valence-corrected chi connectivity index (χ0v) is 27.1. The molecule has 0 aliphatic carbocycles. The Kier molecular flexibility index (Phi) is 5.84. The van der Waals surface area contributed by atoms with Crippen LogP contribution in [0.25, 0.3) is 88.4 Å². The number of rotatable bonds is 5. The van der Waals surface area contributed by atoms with Crippen LogP contribution in [0.1, 0.15) is 4.11 Å². The van der Waals surface area contributed by atoms with Gasteiger partial charge in [-0.1, -0.05) is 127 Å². The van der Waals surface area contributed by atoms with Crippen LogP contribution in [0, 0.1) is 0 Å². The van der Waals surface area contributed by atoms with Gasteiger partial charge >= 0.3 is 0 Å². The van der Waals surface area contributed by atoms with Gasteiger partial charge in [-0.05, 0) is 100 Å². The van der Waals surface area contributed by atoms with Crippen LogP contribution < -0.4 is 0 Å². The van der Waals surface area contributed by atoms with Gasteiger partial charge < -0.3 is 9.13 Å². The van der Waals surface area contributed by atoms with Crippen molar-refractivity contribution < 1.29 is 4.11 Å². The molecule has 10 rings (SSSR count). The monoisotopic (exact) mass is 639 g/mol. The number of fused-ring (bicyclic) bond motifs is 6. The lowest BCUT2D eigenvalue weighted by Gasteiger charge is -2.11. The number of aromatic nitrogens is 2. The van der Waals surface area contributed by atoms with E-state index >= 15 is 0 Å². The van der Waals surface area contributed by atoms with E-state index in [-0.39, 0.29) is 18.1 Å². The molecule has 8 aromatic carbocycles. The van der Waals surface area contributed by atoms with Crippen LogP contribution in [0.15, 0.2) is 194 Å². The van der Waals surface area contributed by atoms with Crippen LogP contribution in [0.2, 0.25) is 0 Å². The Morgan fingerprint density at radius 1 is 0.300 bits per heavy atom. The van der Waals surface area contributed by atoms with Gasteiger partial charge in [0.1, 0.15) is 0 Å². The zero-order valence-electron chi connectivity index (χ0n) is 30.1. The van der Waals surface area contributed by atoms with Gasteiger partial charge in [0, 0.05) is 32.9 Å². The lowest BCUT2D eigenvalue weighted by molar-refractivity contribution is 1.18. The van der Waals surface area contributed by atoms with Crippen LogP contribution in [-0.4, -0.2) is 9.13 Å². The largest absolute Gasteiger partial charge is 0.309 e. The molecule has 0 fully saturated rings. The average molecular weight is 640 g/mol. The Hall–Kier alpha value is -6.64. The second-order valence-electron chi connectivity index (χ2n) is 12.7. The van der Waals surface area contributed by atoms with Crippen molar-refractivity contribution >= 4 is 43.6 Å². The lowest BCUT2D eigenvalue weighted by atomic mass is 9.99. The Morgan fingerprint density at radius 3 is 1.50 bits per heavy atom. The molecule has 234 valence electrons. The Labute approximate surface area is 294 Å². The summed E-state index contributed by atoms with van der Waals surface area (Å²) in [4.78, 5) is 0. The van der Waals surface area contributed by atoms with Crippen molar-refractivity contribution in [2.45, 2.75) is 0 Å². The summed E-state index contributed by atoms with van der Waals surface area (Å²) < 4.78 is 33.4. The molecule has 0 amide bonds. The molecule has 2 nitrogen and oxygen atoms in total. The second kappa shape index (κ2) is 11.5. The third-order valence-corrected chi connectivity index (χ3v) is 9.82. The second-order valence-corrected chi connectivity index (χ2v) is 12.7. The van der Waals surface area contributed by atoms with Crippen molar-refractivity contribution in [3.05, 3.63) is 194 Å². The standard InChI is InChI=1S/C48H32N2/c1-4-13-33(14-5-1)35-17-12-20-40(29-35)50-47-26-23-36(34-15-6-2-7-16-34)30-43(47)44-32-38(25-28-48(44)50)37-24-27-46-42(31-37)41-21-10-11-22-45(41)49(46)39-18-8-3-9-19-39/h1-32H/i25D,28D,32D. The van der Waals surface area contributed by atoms with Crippen LogP contribution in [0.3, 0.4) is 0 Å². The molecule has 2 heteroatoms. The zero-order chi connectivity index (χ0) is 35.6. The third-order valence-electron chi connectivity index (χ3n) is 9.82. The van der Waals surface area contributed by atoms with Gasteiger partial charge in [0.15, 0.2) is 0 Å². The topological polar surface area (TPSA) is 9.86 Å². The molecule has 0 saturated carbocycles. The molecular weight excluding hydrogens is 605 g/mol. The Bertz CT molecular complexity index is 3020. The molecule has 0 N–H and O–H groups in total. The van der Waals surface area contributed by atoms with E-state index in [2.05, 4.69) is 112 Å². The fourth-order valence-electron chi connectivity index (χ4n) is 7.48. The molecule has 0 atom stereocenters. The highest BCUT2D eigenvalue weighted by Gasteiger charge is 2.17. The van der Waals surface area contributed by atoms with Gasteiger partial charge in [0.2, 0.25) is 0 Å². The fourth-order valence-corrected chi connectivity index (χ4v) is 7.48. The molecular formula is C48H32N2. The molecule has 2 heterocycles. The molecule has 10 aromatic rings. The van der Waals surface area contributed by atoms with E-state index in [1.165, 1.54) is 0 Å². The van der Waals surface area contributed by atoms with E-state index in [1.807, 2.05) is 72.8 Å². The molecule has 0 aliphatic rings. The number of nitrogens with zero attached hydrogens (tertiary/aromatic N) is 2. The highest BCUT2D eigenvalue weighted by molar-refractivity contribution is 6.13. The molecule has 0 bridgehead atoms. The van der Waals surface area contributed by atoms with Crippen molar-refractivity contribution in [3.8, 4) is 44.8 Å². The molecule has 50 heavy (non-hydrogen) atoms. The maximum atomic E-state index is 9.91. The third kappa shape index (κ3) is 4.57. The van der Waals surface area contributed by atoms with Crippen molar-refractivity contribution in [2.24, 2.45) is 0 Å². The van der Waals surface area contributed by atoms with E-state index in [1.54, 1.807) is 0 Å². The number of hydrogen-bond acceptors (Lipinski definition) is 0. The van der Waals surface area contributed by atoms with Gasteiger partial charge in [-0.25, -0.2) is 0 Å². The predicted octanol–water partition coefficient (Wildman–Crippen LogP) is 12.9. The van der Waals surface area contributed by atoms with Gasteiger partial charge in [-0.15, -0.1) is 0 Å². The smallest absolute Gasteiger partial charge is 0.0645 e. The maximum Gasteiger partial charge on any atom is 0.0645 e. The molecule has 0 saturated heterocycles. The first-order chi connectivity index (χ1) is 26.1. The van der Waals surface area contributed by atoms with Crippen LogP contribution >= 0.6 is 0 Å². The van der Waals surface area contributed by atoms with Gasteiger partial charge in [-0.3, -0.25) is 0 Å². The minimum atomic E-state index is 0.0419. The molecule has 0 spiro atoms. The van der Waals surface area contributed by atoms with Gasteiger partial charge in [0.25, 0.3) is 0 Å². The summed E-state index contributed by atoms with van der Waals surface area (Å²) in [7, 11) is 0. The van der Waals surface area contributed by atoms with Crippen molar-refractivity contribution in [1.29, 1.82) is 0 Å². The summed E-state index contributed by atoms with van der Waals surface area (Å²) in [5.74, 6) is 0. The Balaban J connectivity index is 1.26. The van der Waals surface area contributed by atoms with E-state index in [4.69, 9.17) is 0 Å². The summed E-state index contributed by atoms with van der Waals surface area (Å²) in [5.41, 5.74) is 11.0. The summed E-state index contributed by atoms with van der Waals surface area (Å²) in [6.45, 7) is 0. The normalized spacial score (nSPS) is 12.4. The predicted molar refractivity (Wildman–Crippen MR) is 211 cm³/mol. The first kappa shape index (κ1) is 25.4. The van der Waals surface area contributed by atoms with E-state index in [9.17, 15) is 4.11 Å². The van der Waals surface area contributed by atoms with Gasteiger partial charge in [-0.2, -0.15) is 0 Å². The molecule has 0 radical (unpaired) electrons. The first-order valence-corrected chi connectivity index (χ1v) is 16.9. The van der Waals surface area contributed by atoms with Crippen molar-refractivity contribution in [3.63, 3.8) is 0 Å². The SMILES string of the molecule is [2H]c1c(-c2ccc3c(c2)c2ccccc2n3-c2ccccc2)c([2H])c2c3cc(-c4ccccc4)ccc3n(-c3cccc(-c4ccccc4)c3)c2c1[2H]. The average Bonchev–Trinajstić information content (AvgIpc) is 3.74. The van der Waals surface area contributed by atoms with E-state index in [0.29, 0.717) is 16.5 Å². The van der Waals surface area contributed by atoms with Crippen LogP contribution in [0.4, 0.5) is 0 Å². The quantitative estimate of drug-likeness (QED) is 0.177. The summed E-state index contributed by atoms with van der Waals surface area (Å²) in [5, 5.41) is 3.69.